The van der Waals surface area contributed by atoms with Crippen molar-refractivity contribution in [3.05, 3.63) is 27.9 Å². The van der Waals surface area contributed by atoms with Crippen LogP contribution in [0.15, 0.2) is 17.4 Å². The van der Waals surface area contributed by atoms with Crippen LogP contribution >= 0.6 is 0 Å². The molecule has 21 heavy (non-hydrogen) atoms. The van der Waals surface area contributed by atoms with Gasteiger partial charge in [-0.1, -0.05) is 5.16 Å². The minimum atomic E-state index is -0.495. The van der Waals surface area contributed by atoms with E-state index in [0.29, 0.717) is 18.9 Å². The number of aromatic nitrogens is 1. The molecule has 9 heteroatoms. The average molecular weight is 294 g/mol. The molecule has 114 valence electrons. The van der Waals surface area contributed by atoms with Crippen molar-refractivity contribution < 1.29 is 10.1 Å². The first-order valence-corrected chi connectivity index (χ1v) is 6.58. The van der Waals surface area contributed by atoms with Gasteiger partial charge in [0, 0.05) is 37.5 Å². The number of nitro groups is 1. The third kappa shape index (κ3) is 3.37. The van der Waals surface area contributed by atoms with Crippen LogP contribution in [0.1, 0.15) is 12.0 Å². The fraction of sp³-hybridized carbons (Fsp3) is 0.500. The van der Waals surface area contributed by atoms with Crippen LogP contribution in [0.2, 0.25) is 0 Å². The first-order valence-electron chi connectivity index (χ1n) is 6.58. The Kier molecular flexibility index (Phi) is 4.53. The summed E-state index contributed by atoms with van der Waals surface area (Å²) in [6.07, 6.45) is 2.29. The Hall–Kier alpha value is -2.42. The lowest BCUT2D eigenvalue weighted by Crippen LogP contribution is -2.30. The van der Waals surface area contributed by atoms with Crippen molar-refractivity contribution in [2.24, 2.45) is 10.9 Å². The Labute approximate surface area is 121 Å². The Morgan fingerprint density at radius 2 is 2.24 bits per heavy atom. The van der Waals surface area contributed by atoms with Gasteiger partial charge in [-0.2, -0.15) is 0 Å². The van der Waals surface area contributed by atoms with Crippen molar-refractivity contribution in [2.75, 3.05) is 38.1 Å². The molecule has 1 aromatic heterocycles. The van der Waals surface area contributed by atoms with Gasteiger partial charge >= 0.3 is 5.69 Å². The first-order chi connectivity index (χ1) is 10.0. The molecule has 0 radical (unpaired) electrons. The summed E-state index contributed by atoms with van der Waals surface area (Å²) in [5.41, 5.74) is 5.54. The van der Waals surface area contributed by atoms with Gasteiger partial charge in [0.1, 0.15) is 0 Å². The van der Waals surface area contributed by atoms with E-state index in [0.717, 1.165) is 19.5 Å². The van der Waals surface area contributed by atoms with Gasteiger partial charge in [-0.15, -0.1) is 0 Å². The van der Waals surface area contributed by atoms with Crippen molar-refractivity contribution in [3.8, 4) is 0 Å². The fourth-order valence-electron chi connectivity index (χ4n) is 2.28. The van der Waals surface area contributed by atoms with Crippen LogP contribution < -0.4 is 10.6 Å². The zero-order chi connectivity index (χ0) is 15.4. The summed E-state index contributed by atoms with van der Waals surface area (Å²) in [6, 6.07) is 1.28. The van der Waals surface area contributed by atoms with Gasteiger partial charge in [0.05, 0.1) is 4.92 Å². The maximum absolute atomic E-state index is 11.3. The van der Waals surface area contributed by atoms with E-state index < -0.39 is 4.92 Å². The number of nitrogens with two attached hydrogens (primary N) is 1. The average Bonchev–Trinajstić information content (AvgIpc) is 2.70. The van der Waals surface area contributed by atoms with Crippen LogP contribution in [0.4, 0.5) is 11.5 Å². The number of hydrogen-bond donors (Lipinski definition) is 2. The number of amidine groups is 1. The molecule has 2 heterocycles. The molecule has 0 atom stereocenters. The molecule has 0 aliphatic carbocycles. The van der Waals surface area contributed by atoms with Gasteiger partial charge in [0.2, 0.25) is 5.82 Å². The maximum atomic E-state index is 11.3. The van der Waals surface area contributed by atoms with E-state index >= 15 is 0 Å². The molecule has 1 fully saturated rings. The molecular formula is C12H18N6O3. The van der Waals surface area contributed by atoms with E-state index in [2.05, 4.69) is 15.0 Å². The van der Waals surface area contributed by atoms with Crippen LogP contribution in [0.5, 0.6) is 0 Å². The highest BCUT2D eigenvalue weighted by Gasteiger charge is 2.24. The predicted molar refractivity (Wildman–Crippen MR) is 77.7 cm³/mol. The smallest absolute Gasteiger partial charge is 0.312 e. The topological polar surface area (TPSA) is 121 Å². The number of oxime groups is 1. The van der Waals surface area contributed by atoms with Crippen LogP contribution in [-0.2, 0) is 0 Å². The minimum Gasteiger partial charge on any atom is -0.409 e. The van der Waals surface area contributed by atoms with E-state index in [1.165, 1.54) is 12.3 Å². The lowest BCUT2D eigenvalue weighted by atomic mass is 10.2. The normalized spacial score (nSPS) is 17.6. The van der Waals surface area contributed by atoms with E-state index in [1.807, 2.05) is 11.9 Å². The summed E-state index contributed by atoms with van der Waals surface area (Å²) >= 11 is 0. The van der Waals surface area contributed by atoms with E-state index in [4.69, 9.17) is 10.9 Å². The molecule has 0 aromatic carbocycles. The molecule has 0 unspecified atom stereocenters. The van der Waals surface area contributed by atoms with Gasteiger partial charge in [0.15, 0.2) is 5.84 Å². The Morgan fingerprint density at radius 1 is 1.48 bits per heavy atom. The Balaban J connectivity index is 2.36. The molecule has 1 aromatic rings. The minimum absolute atomic E-state index is 0.136. The number of nitrogens with zero attached hydrogens (tertiary/aromatic N) is 5. The largest absolute Gasteiger partial charge is 0.409 e. The monoisotopic (exact) mass is 294 g/mol. The maximum Gasteiger partial charge on any atom is 0.312 e. The lowest BCUT2D eigenvalue weighted by Gasteiger charge is -2.21. The molecule has 9 nitrogen and oxygen atoms in total. The molecule has 3 N–H and O–H groups in total. The van der Waals surface area contributed by atoms with Crippen LogP contribution in [0, 0.1) is 10.1 Å². The molecule has 1 saturated heterocycles. The summed E-state index contributed by atoms with van der Waals surface area (Å²) in [4.78, 5) is 19.0. The summed E-state index contributed by atoms with van der Waals surface area (Å²) in [7, 11) is 2.02. The van der Waals surface area contributed by atoms with E-state index in [-0.39, 0.29) is 17.1 Å². The van der Waals surface area contributed by atoms with Crippen molar-refractivity contribution in [1.29, 1.82) is 0 Å². The fourth-order valence-corrected chi connectivity index (χ4v) is 2.28. The molecule has 2 rings (SSSR count). The zero-order valence-corrected chi connectivity index (χ0v) is 11.8. The lowest BCUT2D eigenvalue weighted by molar-refractivity contribution is -0.384. The summed E-state index contributed by atoms with van der Waals surface area (Å²) in [5, 5.41) is 22.8. The predicted octanol–water partition coefficient (Wildman–Crippen LogP) is 0.226. The van der Waals surface area contributed by atoms with Crippen LogP contribution in [0.25, 0.3) is 0 Å². The quantitative estimate of drug-likeness (QED) is 0.269. The number of rotatable bonds is 3. The van der Waals surface area contributed by atoms with Crippen molar-refractivity contribution in [1.82, 2.24) is 9.88 Å². The molecule has 0 amide bonds. The third-order valence-electron chi connectivity index (χ3n) is 3.47. The number of anilines is 1. The second kappa shape index (κ2) is 6.35. The standard InChI is InChI=1S/C12H18N6O3/c1-16-3-2-4-17(6-5-16)12-10(18(20)21)7-9(8-14-12)11(13)15-19/h7-8,19H,2-6H2,1H3,(H2,13,15). The van der Waals surface area contributed by atoms with Crippen LogP contribution in [0.3, 0.4) is 0 Å². The highest BCUT2D eigenvalue weighted by molar-refractivity contribution is 5.97. The third-order valence-corrected chi connectivity index (χ3v) is 3.47. The van der Waals surface area contributed by atoms with Crippen LogP contribution in [-0.4, -0.2) is 59.1 Å². The molecule has 0 saturated carbocycles. The molecule has 0 spiro atoms. The molecule has 1 aliphatic rings. The highest BCUT2D eigenvalue weighted by atomic mass is 16.6. The summed E-state index contributed by atoms with van der Waals surface area (Å²) in [6.45, 7) is 3.15. The van der Waals surface area contributed by atoms with Gasteiger partial charge in [-0.25, -0.2) is 4.98 Å². The number of pyridine rings is 1. The summed E-state index contributed by atoms with van der Waals surface area (Å²) < 4.78 is 0. The van der Waals surface area contributed by atoms with Gasteiger partial charge in [0.25, 0.3) is 0 Å². The van der Waals surface area contributed by atoms with E-state index in [1.54, 1.807) is 0 Å². The number of likely N-dealkylation sites (N-methyl/N-ethyl adjacent to an activating group) is 1. The molecule has 0 bridgehead atoms. The van der Waals surface area contributed by atoms with Crippen molar-refractivity contribution in [3.63, 3.8) is 0 Å². The highest BCUT2D eigenvalue weighted by Crippen LogP contribution is 2.27. The van der Waals surface area contributed by atoms with Gasteiger partial charge in [-0.05, 0) is 20.0 Å². The molecular weight excluding hydrogens is 276 g/mol. The van der Waals surface area contributed by atoms with E-state index in [9.17, 15) is 10.1 Å². The summed E-state index contributed by atoms with van der Waals surface area (Å²) in [5.74, 6) is 0.123. The van der Waals surface area contributed by atoms with Gasteiger partial charge in [-0.3, -0.25) is 10.1 Å². The zero-order valence-electron chi connectivity index (χ0n) is 11.8. The Bertz CT molecular complexity index is 562. The second-order valence-corrected chi connectivity index (χ2v) is 4.95. The number of hydrogen-bond acceptors (Lipinski definition) is 7. The molecule has 1 aliphatic heterocycles. The Morgan fingerprint density at radius 3 is 2.90 bits per heavy atom. The second-order valence-electron chi connectivity index (χ2n) is 4.95. The van der Waals surface area contributed by atoms with Gasteiger partial charge < -0.3 is 20.7 Å². The first kappa shape index (κ1) is 15.0. The van der Waals surface area contributed by atoms with Crippen molar-refractivity contribution in [2.45, 2.75) is 6.42 Å². The van der Waals surface area contributed by atoms with Crippen molar-refractivity contribution >= 4 is 17.3 Å². The SMILES string of the molecule is CN1CCCN(c2ncc(C(N)=NO)cc2[N+](=O)[O-])CC1.